The van der Waals surface area contributed by atoms with E-state index in [2.05, 4.69) is 25.7 Å². The third-order valence-corrected chi connectivity index (χ3v) is 3.65. The molecule has 2 unspecified atom stereocenters. The second kappa shape index (κ2) is 6.46. The third-order valence-electron chi connectivity index (χ3n) is 3.65. The second-order valence-corrected chi connectivity index (χ2v) is 4.46. The molecule has 2 N–H and O–H groups in total. The van der Waals surface area contributed by atoms with Gasteiger partial charge in [-0.05, 0) is 12.5 Å². The van der Waals surface area contributed by atoms with Crippen LogP contribution >= 0.6 is 0 Å². The Balaban J connectivity index is 2.47. The zero-order chi connectivity index (χ0) is 11.3. The summed E-state index contributed by atoms with van der Waals surface area (Å²) in [5, 5.41) is 0. The number of ether oxygens (including phenoxy) is 1. The van der Waals surface area contributed by atoms with Crippen LogP contribution in [0.4, 0.5) is 0 Å². The highest BCUT2D eigenvalue weighted by molar-refractivity contribution is 4.84. The predicted molar refractivity (Wildman–Crippen MR) is 63.9 cm³/mol. The van der Waals surface area contributed by atoms with Crippen LogP contribution in [0.1, 0.15) is 33.6 Å². The summed E-state index contributed by atoms with van der Waals surface area (Å²) in [5.74, 6) is 0.604. The molecule has 90 valence electrons. The Morgan fingerprint density at radius 3 is 2.53 bits per heavy atom. The SMILES string of the molecule is CCC(CC)C(N)C1CN(CC)CCO1. The Hall–Kier alpha value is -0.120. The van der Waals surface area contributed by atoms with E-state index in [9.17, 15) is 0 Å². The fourth-order valence-electron chi connectivity index (χ4n) is 2.39. The molecule has 1 heterocycles. The van der Waals surface area contributed by atoms with E-state index < -0.39 is 0 Å². The minimum Gasteiger partial charge on any atom is -0.374 e. The highest BCUT2D eigenvalue weighted by atomic mass is 16.5. The molecule has 1 rings (SSSR count). The van der Waals surface area contributed by atoms with Gasteiger partial charge >= 0.3 is 0 Å². The molecule has 0 aromatic rings. The van der Waals surface area contributed by atoms with Crippen molar-refractivity contribution in [1.29, 1.82) is 0 Å². The van der Waals surface area contributed by atoms with Crippen molar-refractivity contribution < 1.29 is 4.74 Å². The van der Waals surface area contributed by atoms with E-state index in [-0.39, 0.29) is 12.1 Å². The van der Waals surface area contributed by atoms with E-state index >= 15 is 0 Å². The number of hydrogen-bond acceptors (Lipinski definition) is 3. The van der Waals surface area contributed by atoms with Crippen LogP contribution < -0.4 is 5.73 Å². The van der Waals surface area contributed by atoms with E-state index in [0.29, 0.717) is 5.92 Å². The third kappa shape index (κ3) is 3.44. The normalized spacial score (nSPS) is 25.8. The maximum absolute atomic E-state index is 6.28. The Morgan fingerprint density at radius 1 is 1.33 bits per heavy atom. The van der Waals surface area contributed by atoms with E-state index in [1.165, 1.54) is 0 Å². The van der Waals surface area contributed by atoms with Crippen molar-refractivity contribution in [2.75, 3.05) is 26.2 Å². The van der Waals surface area contributed by atoms with Crippen molar-refractivity contribution in [3.8, 4) is 0 Å². The summed E-state index contributed by atoms with van der Waals surface area (Å²) < 4.78 is 5.79. The molecule has 0 radical (unpaired) electrons. The molecule has 0 spiro atoms. The fraction of sp³-hybridized carbons (Fsp3) is 1.00. The summed E-state index contributed by atoms with van der Waals surface area (Å²) in [7, 11) is 0. The topological polar surface area (TPSA) is 38.5 Å². The van der Waals surface area contributed by atoms with Gasteiger partial charge in [0.15, 0.2) is 0 Å². The van der Waals surface area contributed by atoms with Crippen LogP contribution in [0.25, 0.3) is 0 Å². The van der Waals surface area contributed by atoms with E-state index in [1.807, 2.05) is 0 Å². The van der Waals surface area contributed by atoms with Crippen LogP contribution in [0.5, 0.6) is 0 Å². The highest BCUT2D eigenvalue weighted by Crippen LogP contribution is 2.18. The molecule has 0 saturated carbocycles. The number of nitrogens with zero attached hydrogens (tertiary/aromatic N) is 1. The van der Waals surface area contributed by atoms with Crippen molar-refractivity contribution in [3.05, 3.63) is 0 Å². The molecule has 3 nitrogen and oxygen atoms in total. The Labute approximate surface area is 94.0 Å². The standard InChI is InChI=1S/C12H26N2O/c1-4-10(5-2)12(13)11-9-14(6-3)7-8-15-11/h10-12H,4-9,13H2,1-3H3. The Bertz CT molecular complexity index is 171. The second-order valence-electron chi connectivity index (χ2n) is 4.46. The monoisotopic (exact) mass is 214 g/mol. The van der Waals surface area contributed by atoms with Crippen molar-refractivity contribution >= 4 is 0 Å². The lowest BCUT2D eigenvalue weighted by Gasteiger charge is -2.37. The van der Waals surface area contributed by atoms with Gasteiger partial charge in [0.05, 0.1) is 12.7 Å². The van der Waals surface area contributed by atoms with Gasteiger partial charge in [0.1, 0.15) is 0 Å². The molecule has 1 saturated heterocycles. The molecule has 3 heteroatoms. The van der Waals surface area contributed by atoms with Crippen LogP contribution in [0, 0.1) is 5.92 Å². The van der Waals surface area contributed by atoms with Gasteiger partial charge in [-0.3, -0.25) is 4.90 Å². The van der Waals surface area contributed by atoms with Gasteiger partial charge in [0.25, 0.3) is 0 Å². The molecule has 0 bridgehead atoms. The maximum Gasteiger partial charge on any atom is 0.0855 e. The first-order valence-corrected chi connectivity index (χ1v) is 6.32. The Morgan fingerprint density at radius 2 is 2.00 bits per heavy atom. The molecular weight excluding hydrogens is 188 g/mol. The summed E-state index contributed by atoms with van der Waals surface area (Å²) in [6.45, 7) is 10.6. The van der Waals surface area contributed by atoms with E-state index in [0.717, 1.165) is 39.1 Å². The number of hydrogen-bond donors (Lipinski definition) is 1. The van der Waals surface area contributed by atoms with Gasteiger partial charge in [-0.25, -0.2) is 0 Å². The average molecular weight is 214 g/mol. The molecule has 1 aliphatic rings. The lowest BCUT2D eigenvalue weighted by molar-refractivity contribution is -0.0483. The molecule has 15 heavy (non-hydrogen) atoms. The zero-order valence-corrected chi connectivity index (χ0v) is 10.4. The highest BCUT2D eigenvalue weighted by Gasteiger charge is 2.28. The summed E-state index contributed by atoms with van der Waals surface area (Å²) in [4.78, 5) is 2.43. The average Bonchev–Trinajstić information content (AvgIpc) is 2.30. The number of morpholine rings is 1. The zero-order valence-electron chi connectivity index (χ0n) is 10.4. The van der Waals surface area contributed by atoms with Gasteiger partial charge in [-0.15, -0.1) is 0 Å². The van der Waals surface area contributed by atoms with Gasteiger partial charge in [-0.2, -0.15) is 0 Å². The molecule has 0 amide bonds. The van der Waals surface area contributed by atoms with Gasteiger partial charge < -0.3 is 10.5 Å². The summed E-state index contributed by atoms with van der Waals surface area (Å²) in [6, 6.07) is 0.203. The molecule has 2 atom stereocenters. The summed E-state index contributed by atoms with van der Waals surface area (Å²) >= 11 is 0. The fourth-order valence-corrected chi connectivity index (χ4v) is 2.39. The quantitative estimate of drug-likeness (QED) is 0.753. The molecule has 1 fully saturated rings. The minimum atomic E-state index is 0.203. The lowest BCUT2D eigenvalue weighted by Crippen LogP contribution is -2.53. The van der Waals surface area contributed by atoms with Crippen molar-refractivity contribution in [3.63, 3.8) is 0 Å². The maximum atomic E-state index is 6.28. The molecular formula is C12H26N2O. The largest absolute Gasteiger partial charge is 0.374 e. The smallest absolute Gasteiger partial charge is 0.0855 e. The lowest BCUT2D eigenvalue weighted by atomic mass is 9.90. The first-order chi connectivity index (χ1) is 7.22. The molecule has 0 aromatic carbocycles. The van der Waals surface area contributed by atoms with Gasteiger partial charge in [0, 0.05) is 19.1 Å². The van der Waals surface area contributed by atoms with Crippen LogP contribution in [-0.2, 0) is 4.74 Å². The van der Waals surface area contributed by atoms with Crippen LogP contribution in [0.3, 0.4) is 0 Å². The van der Waals surface area contributed by atoms with Crippen molar-refractivity contribution in [2.45, 2.75) is 45.8 Å². The van der Waals surface area contributed by atoms with Gasteiger partial charge in [-0.1, -0.05) is 33.6 Å². The molecule has 1 aliphatic heterocycles. The first-order valence-electron chi connectivity index (χ1n) is 6.32. The predicted octanol–water partition coefficient (Wildman–Crippen LogP) is 1.47. The Kier molecular flexibility index (Phi) is 5.58. The summed E-state index contributed by atoms with van der Waals surface area (Å²) in [6.07, 6.45) is 2.55. The van der Waals surface area contributed by atoms with Crippen LogP contribution in [-0.4, -0.2) is 43.3 Å². The number of likely N-dealkylation sites (N-methyl/N-ethyl adjacent to an activating group) is 1. The molecule has 0 aliphatic carbocycles. The van der Waals surface area contributed by atoms with Crippen LogP contribution in [0.2, 0.25) is 0 Å². The number of nitrogens with two attached hydrogens (primary N) is 1. The van der Waals surface area contributed by atoms with Crippen LogP contribution in [0.15, 0.2) is 0 Å². The minimum absolute atomic E-state index is 0.203. The summed E-state index contributed by atoms with van der Waals surface area (Å²) in [5.41, 5.74) is 6.28. The van der Waals surface area contributed by atoms with Gasteiger partial charge in [0.2, 0.25) is 0 Å². The van der Waals surface area contributed by atoms with Crippen molar-refractivity contribution in [2.24, 2.45) is 11.7 Å². The van der Waals surface area contributed by atoms with Crippen molar-refractivity contribution in [1.82, 2.24) is 4.90 Å². The van der Waals surface area contributed by atoms with E-state index in [4.69, 9.17) is 10.5 Å². The number of rotatable bonds is 5. The first kappa shape index (κ1) is 12.9. The molecule has 0 aromatic heterocycles. The van der Waals surface area contributed by atoms with E-state index in [1.54, 1.807) is 0 Å².